The van der Waals surface area contributed by atoms with Gasteiger partial charge in [0.1, 0.15) is 11.5 Å². The smallest absolute Gasteiger partial charge is 0.323 e. The lowest BCUT2D eigenvalue weighted by molar-refractivity contribution is 0.0205. The van der Waals surface area contributed by atoms with E-state index in [-0.39, 0.29) is 34.5 Å². The molecule has 61 heavy (non-hydrogen) atoms. The Balaban J connectivity index is 1.29. The van der Waals surface area contributed by atoms with E-state index in [9.17, 15) is 18.0 Å². The highest BCUT2D eigenvalue weighted by Gasteiger charge is 2.23. The van der Waals surface area contributed by atoms with E-state index in [1.807, 2.05) is 64.1 Å². The topological polar surface area (TPSA) is 175 Å². The Morgan fingerprint density at radius 1 is 0.852 bits per heavy atom. The summed E-state index contributed by atoms with van der Waals surface area (Å²) in [6, 6.07) is 22.5. The van der Waals surface area contributed by atoms with E-state index >= 15 is 0 Å². The number of terminal acetylenes is 1. The van der Waals surface area contributed by atoms with Crippen LogP contribution < -0.4 is 30.1 Å². The van der Waals surface area contributed by atoms with E-state index in [1.54, 1.807) is 55.8 Å². The number of hydrogen-bond acceptors (Lipinski definition) is 10. The first-order valence-electron chi connectivity index (χ1n) is 19.6. The molecule has 0 bridgehead atoms. The van der Waals surface area contributed by atoms with Gasteiger partial charge in [-0.25, -0.2) is 13.2 Å². The highest BCUT2D eigenvalue weighted by atomic mass is 32.2. The van der Waals surface area contributed by atoms with Gasteiger partial charge in [0.15, 0.2) is 5.75 Å². The molecule has 0 spiro atoms. The number of hydrogen-bond donors (Lipinski definition) is 4. The molecule has 1 aromatic heterocycles. The molecular weight excluding hydrogens is 799 g/mol. The standard InChI is InChI=1S/C46H53N5O9S/c1-9-31-22-32(24-33(23-31)44(52)48-30(2)29-59-21-20-58-19-18-56-6)25-35-28-36(16-17-47-35)60-42-15-14-39(37-12-10-11-13-38(37)42)49-45(53)50-40-26-34(46(3,4)5)27-41(43(40)57-7)51-61(8,54)55/h1,10-17,22-24,26-28,30,51H,18-21,25,29H2,2-8H3,(H,48,52)(H2,49,50,53)/t30-/m1/s1. The van der Waals surface area contributed by atoms with Crippen LogP contribution in [0.1, 0.15) is 60.4 Å². The molecule has 1 atom stereocenters. The number of aromatic nitrogens is 1. The number of ether oxygens (including phenoxy) is 5. The second kappa shape index (κ2) is 20.9. The zero-order valence-corrected chi connectivity index (χ0v) is 36.3. The summed E-state index contributed by atoms with van der Waals surface area (Å²) in [5, 5.41) is 10.2. The first-order valence-corrected chi connectivity index (χ1v) is 21.4. The first kappa shape index (κ1) is 45.9. The summed E-state index contributed by atoms with van der Waals surface area (Å²) in [4.78, 5) is 31.3. The van der Waals surface area contributed by atoms with E-state index in [0.717, 1.165) is 22.8 Å². The molecule has 3 amide bonds. The third kappa shape index (κ3) is 13.4. The van der Waals surface area contributed by atoms with Crippen LogP contribution in [0.5, 0.6) is 17.2 Å². The molecule has 5 aromatic rings. The van der Waals surface area contributed by atoms with Gasteiger partial charge in [0.25, 0.3) is 5.91 Å². The van der Waals surface area contributed by atoms with Crippen LogP contribution >= 0.6 is 0 Å². The predicted octanol–water partition coefficient (Wildman–Crippen LogP) is 7.72. The molecule has 0 aliphatic rings. The van der Waals surface area contributed by atoms with Gasteiger partial charge in [-0.1, -0.05) is 51.0 Å². The van der Waals surface area contributed by atoms with Crippen LogP contribution in [-0.2, 0) is 36.1 Å². The molecule has 15 heteroatoms. The molecule has 5 rings (SSSR count). The summed E-state index contributed by atoms with van der Waals surface area (Å²) < 4.78 is 54.8. The Kier molecular flexibility index (Phi) is 15.7. The average Bonchev–Trinajstić information content (AvgIpc) is 3.20. The number of carbonyl (C=O) groups is 2. The zero-order chi connectivity index (χ0) is 44.2. The molecular formula is C46H53N5O9S. The quantitative estimate of drug-likeness (QED) is 0.0476. The lowest BCUT2D eigenvalue weighted by Crippen LogP contribution is -2.36. The van der Waals surface area contributed by atoms with Crippen molar-refractivity contribution in [3.63, 3.8) is 0 Å². The Morgan fingerprint density at radius 3 is 2.26 bits per heavy atom. The van der Waals surface area contributed by atoms with Crippen molar-refractivity contribution >= 4 is 49.8 Å². The van der Waals surface area contributed by atoms with Crippen LogP contribution in [0.2, 0.25) is 0 Å². The normalized spacial score (nSPS) is 12.0. The minimum Gasteiger partial charge on any atom is -0.492 e. The average molecular weight is 852 g/mol. The molecule has 0 saturated heterocycles. The fourth-order valence-electron chi connectivity index (χ4n) is 6.33. The van der Waals surface area contributed by atoms with Gasteiger partial charge in [-0.15, -0.1) is 6.42 Å². The lowest BCUT2D eigenvalue weighted by Gasteiger charge is -2.24. The van der Waals surface area contributed by atoms with Crippen molar-refractivity contribution in [3.8, 4) is 29.6 Å². The number of benzene rings is 4. The molecule has 0 unspecified atom stereocenters. The van der Waals surface area contributed by atoms with E-state index in [4.69, 9.17) is 30.1 Å². The molecule has 322 valence electrons. The number of anilines is 3. The number of fused-ring (bicyclic) bond motifs is 1. The van der Waals surface area contributed by atoms with E-state index in [1.165, 1.54) is 7.11 Å². The summed E-state index contributed by atoms with van der Waals surface area (Å²) in [6.45, 7) is 9.96. The van der Waals surface area contributed by atoms with Crippen LogP contribution in [0.3, 0.4) is 0 Å². The number of carbonyl (C=O) groups excluding carboxylic acids is 2. The fourth-order valence-corrected chi connectivity index (χ4v) is 6.88. The number of pyridine rings is 1. The van der Waals surface area contributed by atoms with Gasteiger partial charge in [0.2, 0.25) is 10.0 Å². The Labute approximate surface area is 357 Å². The van der Waals surface area contributed by atoms with Crippen molar-refractivity contribution in [3.05, 3.63) is 113 Å². The van der Waals surface area contributed by atoms with Crippen molar-refractivity contribution in [1.82, 2.24) is 10.3 Å². The maximum atomic E-state index is 13.5. The zero-order valence-electron chi connectivity index (χ0n) is 35.5. The van der Waals surface area contributed by atoms with Crippen LogP contribution in [0.15, 0.2) is 85.1 Å². The minimum absolute atomic E-state index is 0.164. The van der Waals surface area contributed by atoms with E-state index in [2.05, 4.69) is 31.6 Å². The summed E-state index contributed by atoms with van der Waals surface area (Å²) in [5.74, 6) is 3.61. The van der Waals surface area contributed by atoms with Gasteiger partial charge in [-0.05, 0) is 72.0 Å². The summed E-state index contributed by atoms with van der Waals surface area (Å²) in [7, 11) is -0.635. The minimum atomic E-state index is -3.65. The molecule has 0 saturated carbocycles. The van der Waals surface area contributed by atoms with E-state index < -0.39 is 16.1 Å². The highest BCUT2D eigenvalue weighted by Crippen LogP contribution is 2.40. The number of amides is 3. The third-order valence-corrected chi connectivity index (χ3v) is 9.80. The number of sulfonamides is 1. The summed E-state index contributed by atoms with van der Waals surface area (Å²) >= 11 is 0. The molecule has 0 aliphatic heterocycles. The molecule has 4 N–H and O–H groups in total. The fraction of sp³-hybridized carbons (Fsp3) is 0.326. The maximum Gasteiger partial charge on any atom is 0.323 e. The van der Waals surface area contributed by atoms with Crippen LogP contribution in [0, 0.1) is 12.3 Å². The summed E-state index contributed by atoms with van der Waals surface area (Å²) in [6.07, 6.45) is 8.85. The van der Waals surface area contributed by atoms with Gasteiger partial charge < -0.3 is 39.6 Å². The largest absolute Gasteiger partial charge is 0.492 e. The van der Waals surface area contributed by atoms with Gasteiger partial charge >= 0.3 is 6.03 Å². The van der Waals surface area contributed by atoms with Crippen molar-refractivity contribution in [1.29, 1.82) is 0 Å². The number of rotatable bonds is 19. The van der Waals surface area contributed by atoms with E-state index in [0.29, 0.717) is 78.8 Å². The molecule has 4 aromatic carbocycles. The molecule has 1 heterocycles. The SMILES string of the molecule is C#Cc1cc(Cc2cc(Oc3ccc(NC(=O)Nc4cc(C(C)(C)C)cc(NS(C)(=O)=O)c4OC)c4ccccc34)ccn2)cc(C(=O)N[C@H](C)COCCOCCOC)c1. The number of nitrogens with one attached hydrogen (secondary N) is 4. The number of methoxy groups -OCH3 is 2. The molecule has 0 aliphatic carbocycles. The molecule has 0 radical (unpaired) electrons. The van der Waals surface area contributed by atoms with Gasteiger partial charge in [-0.2, -0.15) is 0 Å². The Hall–Kier alpha value is -6.18. The maximum absolute atomic E-state index is 13.5. The number of nitrogens with zero attached hydrogens (tertiary/aromatic N) is 1. The van der Waals surface area contributed by atoms with Gasteiger partial charge in [0, 0.05) is 59.4 Å². The molecule has 0 fully saturated rings. The number of urea groups is 1. The highest BCUT2D eigenvalue weighted by molar-refractivity contribution is 7.92. The summed E-state index contributed by atoms with van der Waals surface area (Å²) in [5.41, 5.74) is 3.87. The Morgan fingerprint density at radius 2 is 1.56 bits per heavy atom. The Bertz CT molecular complexity index is 2500. The second-order valence-corrected chi connectivity index (χ2v) is 17.1. The molecule has 14 nitrogen and oxygen atoms in total. The van der Waals surface area contributed by atoms with Gasteiger partial charge in [-0.3, -0.25) is 14.5 Å². The second-order valence-electron chi connectivity index (χ2n) is 15.3. The third-order valence-electron chi connectivity index (χ3n) is 9.21. The van der Waals surface area contributed by atoms with Crippen molar-refractivity contribution < 1.29 is 41.7 Å². The van der Waals surface area contributed by atoms with Gasteiger partial charge in [0.05, 0.1) is 63.5 Å². The van der Waals surface area contributed by atoms with Crippen molar-refractivity contribution in [2.75, 3.05) is 68.9 Å². The predicted molar refractivity (Wildman–Crippen MR) is 239 cm³/mol. The van der Waals surface area contributed by atoms with Crippen molar-refractivity contribution in [2.24, 2.45) is 0 Å². The van der Waals surface area contributed by atoms with Crippen LogP contribution in [0.4, 0.5) is 21.9 Å². The van der Waals surface area contributed by atoms with Crippen LogP contribution in [-0.4, -0.2) is 84.9 Å². The monoisotopic (exact) mass is 851 g/mol. The first-order chi connectivity index (χ1) is 29.1. The van der Waals surface area contributed by atoms with Crippen molar-refractivity contribution in [2.45, 2.75) is 45.6 Å². The van der Waals surface area contributed by atoms with Crippen LogP contribution in [0.25, 0.3) is 10.8 Å². The lowest BCUT2D eigenvalue weighted by atomic mass is 9.86.